The fraction of sp³-hybridized carbons (Fsp3) is 0.417. The molecule has 2 aromatic rings. The molecule has 6 heteroatoms. The molecule has 2 aromatic heterocycles. The van der Waals surface area contributed by atoms with Gasteiger partial charge in [0.1, 0.15) is 11.6 Å². The molecule has 3 rings (SSSR count). The maximum absolute atomic E-state index is 11.4. The van der Waals surface area contributed by atoms with Crippen LogP contribution in [0.5, 0.6) is 0 Å². The van der Waals surface area contributed by atoms with Gasteiger partial charge in [0, 0.05) is 6.42 Å². The predicted molar refractivity (Wildman–Crippen MR) is 70.1 cm³/mol. The Morgan fingerprint density at radius 3 is 3.00 bits per heavy atom. The van der Waals surface area contributed by atoms with Crippen molar-refractivity contribution in [1.29, 1.82) is 0 Å². The molecule has 18 heavy (non-hydrogen) atoms. The molecule has 0 bridgehead atoms. The van der Waals surface area contributed by atoms with Crippen molar-refractivity contribution in [3.05, 3.63) is 30.2 Å². The van der Waals surface area contributed by atoms with Crippen LogP contribution < -0.4 is 5.73 Å². The topological polar surface area (TPSA) is 77.5 Å². The number of imidazole rings is 1. The quantitative estimate of drug-likeness (QED) is 0.875. The van der Waals surface area contributed by atoms with Gasteiger partial charge in [0.2, 0.25) is 0 Å². The molecule has 0 saturated carbocycles. The third-order valence-corrected chi connectivity index (χ3v) is 5.29. The van der Waals surface area contributed by atoms with Crippen LogP contribution in [0.2, 0.25) is 0 Å². The Bertz CT molecular complexity index is 690. The zero-order valence-electron chi connectivity index (χ0n) is 9.91. The van der Waals surface area contributed by atoms with Crippen LogP contribution in [0.15, 0.2) is 24.4 Å². The van der Waals surface area contributed by atoms with E-state index in [-0.39, 0.29) is 11.7 Å². The lowest BCUT2D eigenvalue weighted by molar-refractivity contribution is 0.568. The number of sulfone groups is 1. The second-order valence-electron chi connectivity index (χ2n) is 4.86. The standard InChI is InChI=1S/C12H15N3O2S/c13-11-3-1-2-10-7-14-12(15(10)11)6-9-4-5-18(16,17)8-9/h1-3,7,9H,4-6,8,13H2. The highest BCUT2D eigenvalue weighted by atomic mass is 32.2. The van der Waals surface area contributed by atoms with Crippen molar-refractivity contribution >= 4 is 21.2 Å². The summed E-state index contributed by atoms with van der Waals surface area (Å²) in [6.45, 7) is 0. The third-order valence-electron chi connectivity index (χ3n) is 3.45. The lowest BCUT2D eigenvalue weighted by atomic mass is 10.1. The second kappa shape index (κ2) is 3.98. The molecule has 0 aromatic carbocycles. The Morgan fingerprint density at radius 1 is 1.44 bits per heavy atom. The average Bonchev–Trinajstić information content (AvgIpc) is 2.85. The van der Waals surface area contributed by atoms with E-state index in [2.05, 4.69) is 4.98 Å². The van der Waals surface area contributed by atoms with Gasteiger partial charge in [-0.2, -0.15) is 0 Å². The molecule has 5 nitrogen and oxygen atoms in total. The predicted octanol–water partition coefficient (Wildman–Crippen LogP) is 0.894. The molecule has 1 fully saturated rings. The number of anilines is 1. The van der Waals surface area contributed by atoms with E-state index < -0.39 is 9.84 Å². The minimum absolute atomic E-state index is 0.167. The van der Waals surface area contributed by atoms with Crippen molar-refractivity contribution in [2.75, 3.05) is 17.2 Å². The first kappa shape index (κ1) is 11.5. The molecule has 0 radical (unpaired) electrons. The van der Waals surface area contributed by atoms with E-state index in [0.29, 0.717) is 18.0 Å². The Balaban J connectivity index is 1.92. The molecule has 1 aliphatic rings. The lowest BCUT2D eigenvalue weighted by Crippen LogP contribution is -2.10. The molecule has 96 valence electrons. The number of hydrogen-bond acceptors (Lipinski definition) is 4. The van der Waals surface area contributed by atoms with Crippen molar-refractivity contribution in [3.63, 3.8) is 0 Å². The first-order valence-electron chi connectivity index (χ1n) is 5.96. The van der Waals surface area contributed by atoms with E-state index in [0.717, 1.165) is 17.8 Å². The van der Waals surface area contributed by atoms with Gasteiger partial charge in [-0.3, -0.25) is 4.40 Å². The van der Waals surface area contributed by atoms with E-state index in [4.69, 9.17) is 5.73 Å². The molecule has 2 N–H and O–H groups in total. The molecule has 1 unspecified atom stereocenters. The van der Waals surface area contributed by atoms with Crippen LogP contribution in [0.3, 0.4) is 0 Å². The van der Waals surface area contributed by atoms with Crippen molar-refractivity contribution in [2.45, 2.75) is 12.8 Å². The Labute approximate surface area is 106 Å². The molecular formula is C12H15N3O2S. The fourth-order valence-electron chi connectivity index (χ4n) is 2.58. The van der Waals surface area contributed by atoms with E-state index in [1.807, 2.05) is 22.6 Å². The summed E-state index contributed by atoms with van der Waals surface area (Å²) in [5.41, 5.74) is 6.88. The zero-order chi connectivity index (χ0) is 12.8. The van der Waals surface area contributed by atoms with Crippen LogP contribution in [0.1, 0.15) is 12.2 Å². The molecule has 1 atom stereocenters. The van der Waals surface area contributed by atoms with E-state index >= 15 is 0 Å². The van der Waals surface area contributed by atoms with Crippen molar-refractivity contribution in [1.82, 2.24) is 9.38 Å². The number of nitrogens with two attached hydrogens (primary N) is 1. The highest BCUT2D eigenvalue weighted by Crippen LogP contribution is 2.23. The fourth-order valence-corrected chi connectivity index (χ4v) is 4.44. The molecule has 0 aliphatic carbocycles. The monoisotopic (exact) mass is 265 g/mol. The summed E-state index contributed by atoms with van der Waals surface area (Å²) in [5.74, 6) is 2.23. The minimum Gasteiger partial charge on any atom is -0.385 e. The molecule has 0 amide bonds. The van der Waals surface area contributed by atoms with Gasteiger partial charge in [0.05, 0.1) is 23.2 Å². The first-order chi connectivity index (χ1) is 8.55. The third kappa shape index (κ3) is 1.96. The number of fused-ring (bicyclic) bond motifs is 1. The van der Waals surface area contributed by atoms with Crippen LogP contribution in [0.25, 0.3) is 5.52 Å². The Kier molecular flexibility index (Phi) is 2.55. The van der Waals surface area contributed by atoms with Gasteiger partial charge in [0.25, 0.3) is 0 Å². The summed E-state index contributed by atoms with van der Waals surface area (Å²) in [4.78, 5) is 4.36. The van der Waals surface area contributed by atoms with Crippen LogP contribution in [-0.4, -0.2) is 29.3 Å². The number of rotatable bonds is 2. The summed E-state index contributed by atoms with van der Waals surface area (Å²) in [6.07, 6.45) is 3.17. The van der Waals surface area contributed by atoms with Gasteiger partial charge in [-0.1, -0.05) is 6.07 Å². The van der Waals surface area contributed by atoms with Crippen molar-refractivity contribution < 1.29 is 8.42 Å². The van der Waals surface area contributed by atoms with Gasteiger partial charge in [-0.15, -0.1) is 0 Å². The number of hydrogen-bond donors (Lipinski definition) is 1. The largest absolute Gasteiger partial charge is 0.385 e. The summed E-state index contributed by atoms with van der Waals surface area (Å²) in [7, 11) is -2.83. The van der Waals surface area contributed by atoms with E-state index in [9.17, 15) is 8.42 Å². The first-order valence-corrected chi connectivity index (χ1v) is 7.78. The van der Waals surface area contributed by atoms with Gasteiger partial charge in [-0.25, -0.2) is 13.4 Å². The second-order valence-corrected chi connectivity index (χ2v) is 7.09. The lowest BCUT2D eigenvalue weighted by Gasteiger charge is -2.08. The normalized spacial score (nSPS) is 22.6. The van der Waals surface area contributed by atoms with Crippen LogP contribution in [-0.2, 0) is 16.3 Å². The number of pyridine rings is 1. The van der Waals surface area contributed by atoms with Crippen LogP contribution >= 0.6 is 0 Å². The summed E-state index contributed by atoms with van der Waals surface area (Å²) in [6, 6.07) is 5.65. The number of nitrogen functional groups attached to an aromatic ring is 1. The maximum atomic E-state index is 11.4. The molecule has 0 spiro atoms. The minimum atomic E-state index is -2.83. The molecule has 1 aliphatic heterocycles. The van der Waals surface area contributed by atoms with Crippen molar-refractivity contribution in [3.8, 4) is 0 Å². The zero-order valence-corrected chi connectivity index (χ0v) is 10.7. The molecular weight excluding hydrogens is 250 g/mol. The Morgan fingerprint density at radius 2 is 2.28 bits per heavy atom. The van der Waals surface area contributed by atoms with Gasteiger partial charge in [-0.05, 0) is 24.5 Å². The van der Waals surface area contributed by atoms with Crippen LogP contribution in [0, 0.1) is 5.92 Å². The molecule has 3 heterocycles. The van der Waals surface area contributed by atoms with Crippen molar-refractivity contribution in [2.24, 2.45) is 5.92 Å². The average molecular weight is 265 g/mol. The summed E-state index contributed by atoms with van der Waals surface area (Å²) < 4.78 is 24.8. The summed E-state index contributed by atoms with van der Waals surface area (Å²) in [5, 5.41) is 0. The maximum Gasteiger partial charge on any atom is 0.150 e. The Hall–Kier alpha value is -1.56. The van der Waals surface area contributed by atoms with E-state index in [1.54, 1.807) is 6.20 Å². The van der Waals surface area contributed by atoms with Gasteiger partial charge < -0.3 is 5.73 Å². The summed E-state index contributed by atoms with van der Waals surface area (Å²) >= 11 is 0. The number of aromatic nitrogens is 2. The SMILES string of the molecule is Nc1cccc2cnc(CC3CCS(=O)(=O)C3)n12. The highest BCUT2D eigenvalue weighted by molar-refractivity contribution is 7.91. The van der Waals surface area contributed by atoms with Gasteiger partial charge in [0.15, 0.2) is 9.84 Å². The van der Waals surface area contributed by atoms with Crippen LogP contribution in [0.4, 0.5) is 5.82 Å². The van der Waals surface area contributed by atoms with E-state index in [1.165, 1.54) is 0 Å². The molecule has 1 saturated heterocycles. The van der Waals surface area contributed by atoms with Gasteiger partial charge >= 0.3 is 0 Å². The highest BCUT2D eigenvalue weighted by Gasteiger charge is 2.28. The smallest absolute Gasteiger partial charge is 0.150 e. The number of nitrogens with zero attached hydrogens (tertiary/aromatic N) is 2.